The number of hydrogen-bond donors (Lipinski definition) is 0. The van der Waals surface area contributed by atoms with Crippen LogP contribution in [-0.2, 0) is 19.5 Å². The molecule has 3 aliphatic rings. The highest BCUT2D eigenvalue weighted by atomic mass is 32.2. The number of thioether (sulfide) groups is 1. The lowest BCUT2D eigenvalue weighted by Crippen LogP contribution is -2.45. The zero-order valence-electron chi connectivity index (χ0n) is 17.8. The van der Waals surface area contributed by atoms with E-state index in [1.54, 1.807) is 6.07 Å². The molecule has 2 unspecified atom stereocenters. The van der Waals surface area contributed by atoms with Gasteiger partial charge >= 0.3 is 0 Å². The lowest BCUT2D eigenvalue weighted by atomic mass is 10.1. The molecule has 3 saturated heterocycles. The lowest BCUT2D eigenvalue weighted by molar-refractivity contribution is 0.0439. The fourth-order valence-corrected chi connectivity index (χ4v) is 6.94. The molecule has 3 aliphatic heterocycles. The average molecular weight is 471 g/mol. The van der Waals surface area contributed by atoms with Crippen LogP contribution in [0.15, 0.2) is 23.1 Å². The van der Waals surface area contributed by atoms with Gasteiger partial charge in [-0.05, 0) is 43.2 Å². The van der Waals surface area contributed by atoms with Gasteiger partial charge < -0.3 is 19.1 Å². The van der Waals surface area contributed by atoms with E-state index in [1.807, 2.05) is 16.7 Å². The van der Waals surface area contributed by atoms with Crippen LogP contribution in [-0.4, -0.2) is 93.7 Å². The second kappa shape index (κ2) is 10.1. The Balaban J connectivity index is 1.65. The van der Waals surface area contributed by atoms with Crippen molar-refractivity contribution in [2.24, 2.45) is 0 Å². The SMILES string of the molecule is COc1ccc(S(=O)(=O)N2CCOCC2)cc1C(=O)N(CC1CCCO1)C1CCSC1. The van der Waals surface area contributed by atoms with Crippen molar-refractivity contribution in [2.75, 3.05) is 58.1 Å². The number of amides is 1. The highest BCUT2D eigenvalue weighted by molar-refractivity contribution is 7.99. The van der Waals surface area contributed by atoms with Crippen LogP contribution in [0.4, 0.5) is 0 Å². The van der Waals surface area contributed by atoms with Gasteiger partial charge in [0, 0.05) is 38.0 Å². The van der Waals surface area contributed by atoms with Gasteiger partial charge in [-0.2, -0.15) is 16.1 Å². The Labute approximate surface area is 188 Å². The molecule has 10 heteroatoms. The van der Waals surface area contributed by atoms with Crippen molar-refractivity contribution in [1.82, 2.24) is 9.21 Å². The van der Waals surface area contributed by atoms with Crippen molar-refractivity contribution in [3.63, 3.8) is 0 Å². The molecule has 0 saturated carbocycles. The van der Waals surface area contributed by atoms with Gasteiger partial charge in [-0.1, -0.05) is 0 Å². The summed E-state index contributed by atoms with van der Waals surface area (Å²) in [5.74, 6) is 2.09. The molecule has 172 valence electrons. The summed E-state index contributed by atoms with van der Waals surface area (Å²) in [6.07, 6.45) is 2.90. The van der Waals surface area contributed by atoms with Gasteiger partial charge in [0.2, 0.25) is 10.0 Å². The van der Waals surface area contributed by atoms with E-state index in [0.29, 0.717) is 38.6 Å². The summed E-state index contributed by atoms with van der Waals surface area (Å²) in [5.41, 5.74) is 0.284. The van der Waals surface area contributed by atoms with Crippen molar-refractivity contribution in [3.8, 4) is 5.75 Å². The Morgan fingerprint density at radius 3 is 2.71 bits per heavy atom. The molecule has 1 aromatic carbocycles. The molecule has 3 fully saturated rings. The molecule has 31 heavy (non-hydrogen) atoms. The number of rotatable bonds is 7. The summed E-state index contributed by atoms with van der Waals surface area (Å²) >= 11 is 1.84. The van der Waals surface area contributed by atoms with E-state index in [4.69, 9.17) is 14.2 Å². The molecule has 0 radical (unpaired) electrons. The van der Waals surface area contributed by atoms with E-state index in [9.17, 15) is 13.2 Å². The number of morpholine rings is 1. The molecule has 1 amide bonds. The zero-order valence-corrected chi connectivity index (χ0v) is 19.5. The minimum Gasteiger partial charge on any atom is -0.496 e. The summed E-state index contributed by atoms with van der Waals surface area (Å²) in [5, 5.41) is 0. The van der Waals surface area contributed by atoms with Crippen LogP contribution in [0, 0.1) is 0 Å². The maximum absolute atomic E-state index is 13.7. The molecule has 0 aromatic heterocycles. The molecular weight excluding hydrogens is 440 g/mol. The third-order valence-corrected chi connectivity index (χ3v) is 9.08. The second-order valence-corrected chi connectivity index (χ2v) is 11.1. The first-order valence-electron chi connectivity index (χ1n) is 10.8. The summed E-state index contributed by atoms with van der Waals surface area (Å²) in [6.45, 7) is 2.60. The van der Waals surface area contributed by atoms with Gasteiger partial charge in [0.15, 0.2) is 0 Å². The van der Waals surface area contributed by atoms with Crippen molar-refractivity contribution in [1.29, 1.82) is 0 Å². The van der Waals surface area contributed by atoms with Crippen LogP contribution in [0.2, 0.25) is 0 Å². The molecular formula is C21H30N2O6S2. The Bertz CT molecular complexity index is 876. The number of nitrogens with zero attached hydrogens (tertiary/aromatic N) is 2. The number of ether oxygens (including phenoxy) is 3. The molecule has 8 nitrogen and oxygen atoms in total. The summed E-state index contributed by atoms with van der Waals surface area (Å²) in [7, 11) is -2.21. The van der Waals surface area contributed by atoms with Crippen LogP contribution in [0.25, 0.3) is 0 Å². The summed E-state index contributed by atoms with van der Waals surface area (Å²) < 4.78 is 44.2. The smallest absolute Gasteiger partial charge is 0.258 e. The number of sulfonamides is 1. The van der Waals surface area contributed by atoms with E-state index in [-0.39, 0.29) is 28.5 Å². The standard InChI is InChI=1S/C21H30N2O6S2/c1-27-20-5-4-18(31(25,26)22-7-10-28-11-8-22)13-19(20)21(24)23(16-6-12-30-15-16)14-17-3-2-9-29-17/h4-5,13,16-17H,2-3,6-12,14-15H2,1H3. The second-order valence-electron chi connectivity index (χ2n) is 7.99. The molecule has 4 rings (SSSR count). The average Bonchev–Trinajstić information content (AvgIpc) is 3.51. The third kappa shape index (κ3) is 5.03. The Morgan fingerprint density at radius 2 is 2.06 bits per heavy atom. The van der Waals surface area contributed by atoms with Crippen molar-refractivity contribution < 1.29 is 27.4 Å². The highest BCUT2D eigenvalue weighted by Crippen LogP contribution is 2.30. The van der Waals surface area contributed by atoms with Gasteiger partial charge in [0.1, 0.15) is 5.75 Å². The first kappa shape index (κ1) is 22.8. The van der Waals surface area contributed by atoms with Crippen molar-refractivity contribution in [3.05, 3.63) is 23.8 Å². The summed E-state index contributed by atoms with van der Waals surface area (Å²) in [4.78, 5) is 15.7. The molecule has 0 aliphatic carbocycles. The Morgan fingerprint density at radius 1 is 1.26 bits per heavy atom. The van der Waals surface area contributed by atoms with Crippen LogP contribution in [0.5, 0.6) is 5.75 Å². The number of carbonyl (C=O) groups excluding carboxylic acids is 1. The first-order valence-corrected chi connectivity index (χ1v) is 13.4. The van der Waals surface area contributed by atoms with E-state index in [1.165, 1.54) is 23.5 Å². The van der Waals surface area contributed by atoms with E-state index in [0.717, 1.165) is 37.4 Å². The van der Waals surface area contributed by atoms with E-state index >= 15 is 0 Å². The number of benzene rings is 1. The monoisotopic (exact) mass is 470 g/mol. The maximum atomic E-state index is 13.7. The topological polar surface area (TPSA) is 85.4 Å². The molecule has 1 aromatic rings. The molecule has 3 heterocycles. The van der Waals surface area contributed by atoms with Gasteiger partial charge in [-0.25, -0.2) is 8.42 Å². The van der Waals surface area contributed by atoms with E-state index < -0.39 is 10.0 Å². The van der Waals surface area contributed by atoms with Crippen LogP contribution < -0.4 is 4.74 Å². The fraction of sp³-hybridized carbons (Fsp3) is 0.667. The predicted molar refractivity (Wildman–Crippen MR) is 118 cm³/mol. The normalized spacial score (nSPS) is 24.9. The quantitative estimate of drug-likeness (QED) is 0.601. The Hall–Kier alpha value is -1.33. The van der Waals surface area contributed by atoms with Gasteiger partial charge in [0.25, 0.3) is 5.91 Å². The number of methoxy groups -OCH3 is 1. The predicted octanol–water partition coefficient (Wildman–Crippen LogP) is 1.84. The zero-order chi connectivity index (χ0) is 21.8. The maximum Gasteiger partial charge on any atom is 0.258 e. The van der Waals surface area contributed by atoms with Crippen LogP contribution in [0.3, 0.4) is 0 Å². The fourth-order valence-electron chi connectivity index (χ4n) is 4.28. The first-order chi connectivity index (χ1) is 15.0. The van der Waals surface area contributed by atoms with E-state index in [2.05, 4.69) is 0 Å². The minimum atomic E-state index is -3.71. The summed E-state index contributed by atoms with van der Waals surface area (Å²) in [6, 6.07) is 4.67. The lowest BCUT2D eigenvalue weighted by Gasteiger charge is -2.31. The Kier molecular flexibility index (Phi) is 7.43. The highest BCUT2D eigenvalue weighted by Gasteiger charge is 2.34. The van der Waals surface area contributed by atoms with Crippen molar-refractivity contribution in [2.45, 2.75) is 36.3 Å². The largest absolute Gasteiger partial charge is 0.496 e. The van der Waals surface area contributed by atoms with Gasteiger partial charge in [-0.3, -0.25) is 4.79 Å². The molecule has 0 spiro atoms. The third-order valence-electron chi connectivity index (χ3n) is 6.04. The van der Waals surface area contributed by atoms with Crippen LogP contribution >= 0.6 is 11.8 Å². The number of carbonyl (C=O) groups is 1. The van der Waals surface area contributed by atoms with Crippen molar-refractivity contribution >= 4 is 27.7 Å². The van der Waals surface area contributed by atoms with Crippen LogP contribution in [0.1, 0.15) is 29.6 Å². The van der Waals surface area contributed by atoms with Gasteiger partial charge in [0.05, 0.1) is 36.9 Å². The molecule has 2 atom stereocenters. The number of hydrogen-bond acceptors (Lipinski definition) is 7. The molecule has 0 bridgehead atoms. The van der Waals surface area contributed by atoms with Gasteiger partial charge in [-0.15, -0.1) is 0 Å². The molecule has 0 N–H and O–H groups in total. The minimum absolute atomic E-state index is 0.0285.